The maximum Gasteiger partial charge on any atom is 0.279 e. The van der Waals surface area contributed by atoms with Crippen molar-refractivity contribution in [1.82, 2.24) is 4.57 Å². The molecule has 1 amide bonds. The van der Waals surface area contributed by atoms with Gasteiger partial charge in [0, 0.05) is 16.0 Å². The summed E-state index contributed by atoms with van der Waals surface area (Å²) < 4.78 is 7.48. The highest BCUT2D eigenvalue weighted by molar-refractivity contribution is 7.07. The summed E-state index contributed by atoms with van der Waals surface area (Å²) >= 11 is 7.43. The summed E-state index contributed by atoms with van der Waals surface area (Å²) in [4.78, 5) is 17.5. The van der Waals surface area contributed by atoms with Crippen molar-refractivity contribution in [2.24, 2.45) is 4.99 Å². The van der Waals surface area contributed by atoms with Gasteiger partial charge in [-0.1, -0.05) is 41.9 Å². The summed E-state index contributed by atoms with van der Waals surface area (Å²) in [7, 11) is 0. The van der Waals surface area contributed by atoms with Gasteiger partial charge in [0.1, 0.15) is 5.76 Å². The number of amides is 1. The highest BCUT2D eigenvalue weighted by Gasteiger charge is 2.12. The van der Waals surface area contributed by atoms with Gasteiger partial charge in [0.25, 0.3) is 5.91 Å². The third-order valence-corrected chi connectivity index (χ3v) is 5.17. The molecule has 0 saturated carbocycles. The van der Waals surface area contributed by atoms with Crippen LogP contribution in [0.15, 0.2) is 87.8 Å². The van der Waals surface area contributed by atoms with Crippen LogP contribution in [0, 0.1) is 0 Å². The predicted molar refractivity (Wildman–Crippen MR) is 107 cm³/mol. The van der Waals surface area contributed by atoms with Crippen LogP contribution in [0.1, 0.15) is 16.1 Å². The van der Waals surface area contributed by atoms with Crippen LogP contribution >= 0.6 is 22.9 Å². The molecule has 0 unspecified atom stereocenters. The van der Waals surface area contributed by atoms with E-state index in [2.05, 4.69) is 4.99 Å². The van der Waals surface area contributed by atoms with E-state index in [9.17, 15) is 4.79 Å². The van der Waals surface area contributed by atoms with E-state index in [1.807, 2.05) is 64.5 Å². The number of carbonyl (C=O) groups is 1. The molecule has 0 aliphatic heterocycles. The highest BCUT2D eigenvalue weighted by atomic mass is 35.5. The largest absolute Gasteiger partial charge is 0.467 e. The molecule has 27 heavy (non-hydrogen) atoms. The quantitative estimate of drug-likeness (QED) is 0.474. The van der Waals surface area contributed by atoms with Crippen LogP contribution in [0.5, 0.6) is 0 Å². The number of hydrogen-bond acceptors (Lipinski definition) is 3. The molecule has 2 aromatic heterocycles. The van der Waals surface area contributed by atoms with Crippen molar-refractivity contribution in [2.75, 3.05) is 0 Å². The van der Waals surface area contributed by atoms with E-state index in [0.29, 0.717) is 21.9 Å². The summed E-state index contributed by atoms with van der Waals surface area (Å²) in [6.45, 7) is 0.482. The molecule has 0 fully saturated rings. The molecule has 0 saturated heterocycles. The normalized spacial score (nSPS) is 11.7. The molecule has 134 valence electrons. The minimum atomic E-state index is -0.270. The fraction of sp³-hybridized carbons (Fsp3) is 0.0476. The summed E-state index contributed by atoms with van der Waals surface area (Å²) in [5.74, 6) is 0.519. The van der Waals surface area contributed by atoms with Gasteiger partial charge in [-0.15, -0.1) is 11.3 Å². The molecule has 4 nitrogen and oxygen atoms in total. The monoisotopic (exact) mass is 394 g/mol. The second-order valence-electron chi connectivity index (χ2n) is 5.86. The van der Waals surface area contributed by atoms with Crippen molar-refractivity contribution in [3.05, 3.63) is 99.5 Å². The summed E-state index contributed by atoms with van der Waals surface area (Å²) in [6.07, 6.45) is 1.64. The number of thiazole rings is 1. The summed E-state index contributed by atoms with van der Waals surface area (Å²) in [5, 5.41) is 2.67. The lowest BCUT2D eigenvalue weighted by atomic mass is 10.2. The standard InChI is InChI=1S/C21H15ClN2O2S/c22-17-10-8-15(9-11-17)19-14-27-21(24(19)13-18-7-4-12-26-18)23-20(25)16-5-2-1-3-6-16/h1-12,14H,13H2. The molecule has 4 rings (SSSR count). The van der Waals surface area contributed by atoms with Gasteiger partial charge in [-0.2, -0.15) is 4.99 Å². The molecular formula is C21H15ClN2O2S. The molecule has 0 radical (unpaired) electrons. The van der Waals surface area contributed by atoms with Crippen LogP contribution in [-0.2, 0) is 6.54 Å². The molecule has 0 aliphatic rings. The van der Waals surface area contributed by atoms with E-state index in [0.717, 1.165) is 17.0 Å². The van der Waals surface area contributed by atoms with E-state index < -0.39 is 0 Å². The number of hydrogen-bond donors (Lipinski definition) is 0. The van der Waals surface area contributed by atoms with E-state index in [-0.39, 0.29) is 5.91 Å². The van der Waals surface area contributed by atoms with E-state index in [1.165, 1.54) is 11.3 Å². The average Bonchev–Trinajstić information content (AvgIpc) is 3.34. The number of aromatic nitrogens is 1. The van der Waals surface area contributed by atoms with Gasteiger partial charge in [0.15, 0.2) is 4.80 Å². The lowest BCUT2D eigenvalue weighted by Gasteiger charge is -2.08. The van der Waals surface area contributed by atoms with E-state index >= 15 is 0 Å². The van der Waals surface area contributed by atoms with Crippen molar-refractivity contribution in [3.63, 3.8) is 0 Å². The second-order valence-corrected chi connectivity index (χ2v) is 7.13. The Bertz CT molecular complexity index is 1110. The third kappa shape index (κ3) is 3.94. The van der Waals surface area contributed by atoms with Crippen LogP contribution in [0.4, 0.5) is 0 Å². The molecule has 4 aromatic rings. The zero-order valence-corrected chi connectivity index (χ0v) is 15.8. The summed E-state index contributed by atoms with van der Waals surface area (Å²) in [6, 6.07) is 20.4. The number of rotatable bonds is 4. The van der Waals surface area contributed by atoms with E-state index in [1.54, 1.807) is 18.4 Å². The molecule has 0 spiro atoms. The van der Waals surface area contributed by atoms with Crippen LogP contribution < -0.4 is 4.80 Å². The van der Waals surface area contributed by atoms with Crippen molar-refractivity contribution in [2.45, 2.75) is 6.54 Å². The predicted octanol–water partition coefficient (Wildman–Crippen LogP) is 5.25. The Hall–Kier alpha value is -2.89. The van der Waals surface area contributed by atoms with Gasteiger partial charge in [-0.25, -0.2) is 0 Å². The molecule has 6 heteroatoms. The van der Waals surface area contributed by atoms with Gasteiger partial charge in [0.05, 0.1) is 18.5 Å². The Kier molecular flexibility index (Phi) is 5.05. The molecule has 0 bridgehead atoms. The first-order chi connectivity index (χ1) is 13.2. The zero-order valence-electron chi connectivity index (χ0n) is 14.2. The van der Waals surface area contributed by atoms with Crippen LogP contribution in [0.3, 0.4) is 0 Å². The Morgan fingerprint density at radius 2 is 1.81 bits per heavy atom. The van der Waals surface area contributed by atoms with Gasteiger partial charge in [-0.05, 0) is 42.0 Å². The fourth-order valence-corrected chi connectivity index (χ4v) is 3.75. The first-order valence-corrected chi connectivity index (χ1v) is 9.57. The Morgan fingerprint density at radius 3 is 2.52 bits per heavy atom. The van der Waals surface area contributed by atoms with Crippen LogP contribution in [0.25, 0.3) is 11.3 Å². The lowest BCUT2D eigenvalue weighted by molar-refractivity contribution is 0.0997. The van der Waals surface area contributed by atoms with Gasteiger partial charge >= 0.3 is 0 Å². The Balaban J connectivity index is 1.80. The molecule has 0 N–H and O–H groups in total. The first kappa shape index (κ1) is 17.5. The first-order valence-electron chi connectivity index (χ1n) is 8.31. The summed E-state index contributed by atoms with van der Waals surface area (Å²) in [5.41, 5.74) is 2.51. The smallest absolute Gasteiger partial charge is 0.279 e. The SMILES string of the molecule is O=C(N=c1scc(-c2ccc(Cl)cc2)n1Cc1ccco1)c1ccccc1. The maximum absolute atomic E-state index is 12.5. The van der Waals surface area contributed by atoms with Crippen molar-refractivity contribution >= 4 is 28.8 Å². The molecular weight excluding hydrogens is 380 g/mol. The third-order valence-electron chi connectivity index (χ3n) is 4.05. The topological polar surface area (TPSA) is 47.5 Å². The Morgan fingerprint density at radius 1 is 1.04 bits per heavy atom. The highest BCUT2D eigenvalue weighted by Crippen LogP contribution is 2.23. The number of furan rings is 1. The van der Waals surface area contributed by atoms with Crippen molar-refractivity contribution < 1.29 is 9.21 Å². The van der Waals surface area contributed by atoms with Gasteiger partial charge in [0.2, 0.25) is 0 Å². The van der Waals surface area contributed by atoms with Crippen LogP contribution in [-0.4, -0.2) is 10.5 Å². The van der Waals surface area contributed by atoms with Crippen LogP contribution in [0.2, 0.25) is 5.02 Å². The van der Waals surface area contributed by atoms with Gasteiger partial charge in [-0.3, -0.25) is 4.79 Å². The maximum atomic E-state index is 12.5. The number of halogens is 1. The molecule has 2 aromatic carbocycles. The minimum Gasteiger partial charge on any atom is -0.467 e. The number of nitrogens with zero attached hydrogens (tertiary/aromatic N) is 2. The zero-order chi connectivity index (χ0) is 18.6. The van der Waals surface area contributed by atoms with Crippen molar-refractivity contribution in [3.8, 4) is 11.3 Å². The molecule has 0 aliphatic carbocycles. The van der Waals surface area contributed by atoms with Gasteiger partial charge < -0.3 is 8.98 Å². The fourth-order valence-electron chi connectivity index (χ4n) is 2.71. The minimum absolute atomic E-state index is 0.270. The second kappa shape index (κ2) is 7.78. The average molecular weight is 395 g/mol. The lowest BCUT2D eigenvalue weighted by Crippen LogP contribution is -2.18. The van der Waals surface area contributed by atoms with Crippen molar-refractivity contribution in [1.29, 1.82) is 0 Å². The Labute approximate surface area is 165 Å². The molecule has 2 heterocycles. The molecule has 0 atom stereocenters. The number of benzene rings is 2. The van der Waals surface area contributed by atoms with E-state index in [4.69, 9.17) is 16.0 Å². The number of carbonyl (C=O) groups excluding carboxylic acids is 1.